The molecule has 2 aromatic heterocycles. The minimum absolute atomic E-state index is 0.738. The fraction of sp³-hybridized carbons (Fsp3) is 0.500. The van der Waals surface area contributed by atoms with Crippen molar-refractivity contribution in [1.82, 2.24) is 4.98 Å². The average molecular weight is 221 g/mol. The van der Waals surface area contributed by atoms with Crippen LogP contribution >= 0.6 is 0 Å². The van der Waals surface area contributed by atoms with Gasteiger partial charge in [-0.15, -0.1) is 0 Å². The molecule has 0 bridgehead atoms. The van der Waals surface area contributed by atoms with Crippen LogP contribution in [0.25, 0.3) is 11.1 Å². The predicted octanol–water partition coefficient (Wildman–Crippen LogP) is 4.89. The van der Waals surface area contributed by atoms with E-state index in [1.165, 1.54) is 12.0 Å². The van der Waals surface area contributed by atoms with E-state index in [1.807, 2.05) is 39.8 Å². The van der Waals surface area contributed by atoms with Gasteiger partial charge in [0.25, 0.3) is 0 Å². The zero-order valence-corrected chi connectivity index (χ0v) is 11.3. The van der Waals surface area contributed by atoms with E-state index in [2.05, 4.69) is 18.8 Å². The Morgan fingerprint density at radius 2 is 1.75 bits per heavy atom. The number of nitrogens with zero attached hydrogens (tertiary/aromatic N) is 1. The molecule has 2 nitrogen and oxygen atoms in total. The summed E-state index contributed by atoms with van der Waals surface area (Å²) in [5.41, 5.74) is 1.93. The number of aromatic nitrogens is 1. The SMILES string of the molecule is CC.CCC.Cc1oc2ncccc2c1C. The highest BCUT2D eigenvalue weighted by Crippen LogP contribution is 2.21. The normalized spacial score (nSPS) is 8.88. The average Bonchev–Trinajstić information content (AvgIpc) is 2.60. The highest BCUT2D eigenvalue weighted by Gasteiger charge is 2.04. The van der Waals surface area contributed by atoms with Crippen LogP contribution in [0.4, 0.5) is 0 Å². The first-order valence-electron chi connectivity index (χ1n) is 6.01. The number of hydrogen-bond donors (Lipinski definition) is 0. The molecule has 0 N–H and O–H groups in total. The molecule has 2 rings (SSSR count). The van der Waals surface area contributed by atoms with Gasteiger partial charge < -0.3 is 4.42 Å². The number of pyridine rings is 1. The molecule has 0 aliphatic carbocycles. The second kappa shape index (κ2) is 7.91. The van der Waals surface area contributed by atoms with Crippen molar-refractivity contribution in [3.8, 4) is 0 Å². The van der Waals surface area contributed by atoms with E-state index in [1.54, 1.807) is 6.20 Å². The van der Waals surface area contributed by atoms with E-state index in [0.29, 0.717) is 0 Å². The Bertz CT molecular complexity index is 404. The minimum atomic E-state index is 0.738. The van der Waals surface area contributed by atoms with Crippen LogP contribution in [0, 0.1) is 13.8 Å². The van der Waals surface area contributed by atoms with E-state index in [0.717, 1.165) is 16.9 Å². The van der Waals surface area contributed by atoms with Gasteiger partial charge in [-0.3, -0.25) is 0 Å². The highest BCUT2D eigenvalue weighted by molar-refractivity contribution is 5.78. The summed E-state index contributed by atoms with van der Waals surface area (Å²) in [6, 6.07) is 3.94. The zero-order valence-electron chi connectivity index (χ0n) is 11.3. The minimum Gasteiger partial charge on any atom is -0.443 e. The van der Waals surface area contributed by atoms with Crippen LogP contribution in [0.3, 0.4) is 0 Å². The Morgan fingerprint density at radius 3 is 2.25 bits per heavy atom. The fourth-order valence-electron chi connectivity index (χ4n) is 1.17. The number of furan rings is 1. The lowest BCUT2D eigenvalue weighted by Crippen LogP contribution is -1.71. The molecular formula is C14H23NO. The Hall–Kier alpha value is -1.31. The zero-order chi connectivity index (χ0) is 12.6. The monoisotopic (exact) mass is 221 g/mol. The molecule has 0 amide bonds. The molecule has 0 aromatic carbocycles. The van der Waals surface area contributed by atoms with E-state index < -0.39 is 0 Å². The molecule has 0 aliphatic rings. The maximum Gasteiger partial charge on any atom is 0.226 e. The summed E-state index contributed by atoms with van der Waals surface area (Å²) in [7, 11) is 0. The molecular weight excluding hydrogens is 198 g/mol. The molecule has 0 spiro atoms. The van der Waals surface area contributed by atoms with Crippen LogP contribution in [0.5, 0.6) is 0 Å². The fourth-order valence-corrected chi connectivity index (χ4v) is 1.17. The second-order valence-electron chi connectivity index (χ2n) is 3.35. The molecule has 16 heavy (non-hydrogen) atoms. The summed E-state index contributed by atoms with van der Waals surface area (Å²) >= 11 is 0. The molecule has 0 radical (unpaired) electrons. The lowest BCUT2D eigenvalue weighted by molar-refractivity contribution is 0.564. The maximum absolute atomic E-state index is 5.39. The van der Waals surface area contributed by atoms with Crippen molar-refractivity contribution in [2.75, 3.05) is 0 Å². The molecule has 0 saturated heterocycles. The van der Waals surface area contributed by atoms with Crippen LogP contribution in [0.15, 0.2) is 22.7 Å². The number of fused-ring (bicyclic) bond motifs is 1. The van der Waals surface area contributed by atoms with Crippen molar-refractivity contribution < 1.29 is 4.42 Å². The summed E-state index contributed by atoms with van der Waals surface area (Å²) in [6.45, 7) is 12.2. The van der Waals surface area contributed by atoms with Gasteiger partial charge >= 0.3 is 0 Å². The van der Waals surface area contributed by atoms with Crippen molar-refractivity contribution in [3.63, 3.8) is 0 Å². The van der Waals surface area contributed by atoms with Gasteiger partial charge in [0.05, 0.1) is 0 Å². The standard InChI is InChI=1S/C9H9NO.C3H8.C2H6/c1-6-7(2)11-9-8(6)4-3-5-10-9;1-3-2;1-2/h3-5H,1-2H3;3H2,1-2H3;1-2H3. The topological polar surface area (TPSA) is 26.0 Å². The van der Waals surface area contributed by atoms with Crippen molar-refractivity contribution in [2.24, 2.45) is 0 Å². The van der Waals surface area contributed by atoms with Crippen LogP contribution in [0.2, 0.25) is 0 Å². The van der Waals surface area contributed by atoms with Gasteiger partial charge in [0.2, 0.25) is 5.71 Å². The van der Waals surface area contributed by atoms with Crippen LogP contribution in [-0.2, 0) is 0 Å². The van der Waals surface area contributed by atoms with Gasteiger partial charge in [0.15, 0.2) is 0 Å². The summed E-state index contributed by atoms with van der Waals surface area (Å²) in [6.07, 6.45) is 2.99. The molecule has 2 heteroatoms. The van der Waals surface area contributed by atoms with Gasteiger partial charge in [0.1, 0.15) is 5.76 Å². The maximum atomic E-state index is 5.39. The molecule has 0 saturated carbocycles. The van der Waals surface area contributed by atoms with Crippen LogP contribution in [-0.4, -0.2) is 4.98 Å². The molecule has 0 fully saturated rings. The first kappa shape index (κ1) is 14.7. The summed E-state index contributed by atoms with van der Waals surface area (Å²) in [5, 5.41) is 1.12. The third-order valence-corrected chi connectivity index (χ3v) is 1.95. The van der Waals surface area contributed by atoms with Crippen LogP contribution in [0.1, 0.15) is 45.4 Å². The third-order valence-electron chi connectivity index (χ3n) is 1.95. The van der Waals surface area contributed by atoms with Crippen molar-refractivity contribution in [3.05, 3.63) is 29.7 Å². The smallest absolute Gasteiger partial charge is 0.226 e. The van der Waals surface area contributed by atoms with E-state index >= 15 is 0 Å². The predicted molar refractivity (Wildman–Crippen MR) is 70.8 cm³/mol. The van der Waals surface area contributed by atoms with Gasteiger partial charge in [0, 0.05) is 11.6 Å². The summed E-state index contributed by atoms with van der Waals surface area (Å²) < 4.78 is 5.39. The molecule has 0 atom stereocenters. The Kier molecular flexibility index (Phi) is 7.27. The summed E-state index contributed by atoms with van der Waals surface area (Å²) in [4.78, 5) is 4.10. The van der Waals surface area contributed by atoms with Gasteiger partial charge in [-0.05, 0) is 31.5 Å². The third kappa shape index (κ3) is 3.69. The quantitative estimate of drug-likeness (QED) is 0.633. The van der Waals surface area contributed by atoms with Crippen LogP contribution < -0.4 is 0 Å². The molecule has 0 aliphatic heterocycles. The largest absolute Gasteiger partial charge is 0.443 e. The lowest BCUT2D eigenvalue weighted by Gasteiger charge is -1.84. The molecule has 0 unspecified atom stereocenters. The summed E-state index contributed by atoms with van der Waals surface area (Å²) in [5.74, 6) is 0.957. The lowest BCUT2D eigenvalue weighted by atomic mass is 10.2. The van der Waals surface area contributed by atoms with Gasteiger partial charge in [-0.1, -0.05) is 34.1 Å². The second-order valence-corrected chi connectivity index (χ2v) is 3.35. The first-order chi connectivity index (χ1) is 7.70. The number of hydrogen-bond acceptors (Lipinski definition) is 2. The molecule has 2 heterocycles. The van der Waals surface area contributed by atoms with Crippen molar-refractivity contribution in [1.29, 1.82) is 0 Å². The Labute approximate surface area is 98.7 Å². The highest BCUT2D eigenvalue weighted by atomic mass is 16.3. The molecule has 2 aromatic rings. The van der Waals surface area contributed by atoms with E-state index in [-0.39, 0.29) is 0 Å². The first-order valence-corrected chi connectivity index (χ1v) is 6.01. The van der Waals surface area contributed by atoms with E-state index in [4.69, 9.17) is 4.42 Å². The van der Waals surface area contributed by atoms with Crippen molar-refractivity contribution >= 4 is 11.1 Å². The number of rotatable bonds is 0. The Morgan fingerprint density at radius 1 is 1.19 bits per heavy atom. The van der Waals surface area contributed by atoms with Gasteiger partial charge in [-0.25, -0.2) is 4.98 Å². The molecule has 90 valence electrons. The van der Waals surface area contributed by atoms with Gasteiger partial charge in [-0.2, -0.15) is 0 Å². The number of aryl methyl sites for hydroxylation is 2. The van der Waals surface area contributed by atoms with Crippen molar-refractivity contribution in [2.45, 2.75) is 48.0 Å². The Balaban J connectivity index is 0.000000394. The van der Waals surface area contributed by atoms with E-state index in [9.17, 15) is 0 Å².